The van der Waals surface area contributed by atoms with Crippen LogP contribution in [0.1, 0.15) is 42.5 Å². The number of aromatic nitrogens is 3. The molecule has 0 spiro atoms. The van der Waals surface area contributed by atoms with Crippen LogP contribution in [0.2, 0.25) is 0 Å². The number of carbonyl (C=O) groups is 1. The van der Waals surface area contributed by atoms with Crippen molar-refractivity contribution in [2.75, 3.05) is 32.1 Å². The second-order valence-corrected chi connectivity index (χ2v) is 9.36. The van der Waals surface area contributed by atoms with Gasteiger partial charge in [-0.15, -0.1) is 12.4 Å². The Morgan fingerprint density at radius 1 is 1.24 bits per heavy atom. The van der Waals surface area contributed by atoms with Gasteiger partial charge in [0.2, 0.25) is 0 Å². The maximum Gasteiger partial charge on any atom is 0.280 e. The second kappa shape index (κ2) is 10.0. The molecule has 1 amide bonds. The lowest BCUT2D eigenvalue weighted by molar-refractivity contribution is 0.0980. The van der Waals surface area contributed by atoms with Crippen LogP contribution >= 0.6 is 39.7 Å². The Kier molecular flexibility index (Phi) is 8.22. The zero-order chi connectivity index (χ0) is 20.4. The predicted molar refractivity (Wildman–Crippen MR) is 127 cm³/mol. The summed E-state index contributed by atoms with van der Waals surface area (Å²) in [5.41, 5.74) is 2.36. The van der Waals surface area contributed by atoms with Crippen molar-refractivity contribution in [1.82, 2.24) is 19.7 Å². The summed E-state index contributed by atoms with van der Waals surface area (Å²) in [4.78, 5) is 22.0. The maximum atomic E-state index is 13.3. The van der Waals surface area contributed by atoms with E-state index in [4.69, 9.17) is 4.98 Å². The summed E-state index contributed by atoms with van der Waals surface area (Å²) in [7, 11) is 4.07. The fraction of sp³-hybridized carbons (Fsp3) is 0.450. The number of fused-ring (bicyclic) bond motifs is 1. The van der Waals surface area contributed by atoms with Gasteiger partial charge in [-0.3, -0.25) is 14.4 Å². The van der Waals surface area contributed by atoms with E-state index in [1.807, 2.05) is 50.0 Å². The lowest BCUT2D eigenvalue weighted by Crippen LogP contribution is -2.33. The number of benzene rings is 1. The summed E-state index contributed by atoms with van der Waals surface area (Å²) in [5, 5.41) is 5.27. The molecule has 0 aliphatic heterocycles. The van der Waals surface area contributed by atoms with E-state index >= 15 is 0 Å². The molecule has 0 fully saturated rings. The van der Waals surface area contributed by atoms with Crippen molar-refractivity contribution < 1.29 is 4.79 Å². The SMILES string of the molecule is Cc1cc(C(=O)N(CCCN(C)C)c2nc3ccc(Br)cc3s2)nn1C(C)C.Cl. The third kappa shape index (κ3) is 5.57. The number of carbonyl (C=O) groups excluding carboxylic acids is 1. The van der Waals surface area contributed by atoms with Crippen LogP contribution in [0.25, 0.3) is 10.2 Å². The molecule has 1 aromatic carbocycles. The summed E-state index contributed by atoms with van der Waals surface area (Å²) in [5.74, 6) is -0.0978. The van der Waals surface area contributed by atoms with E-state index < -0.39 is 0 Å². The van der Waals surface area contributed by atoms with Crippen LogP contribution in [0, 0.1) is 6.92 Å². The summed E-state index contributed by atoms with van der Waals surface area (Å²) in [6.45, 7) is 7.61. The summed E-state index contributed by atoms with van der Waals surface area (Å²) < 4.78 is 3.95. The highest BCUT2D eigenvalue weighted by Crippen LogP contribution is 2.31. The van der Waals surface area contributed by atoms with Gasteiger partial charge in [-0.2, -0.15) is 5.10 Å². The van der Waals surface area contributed by atoms with Crippen LogP contribution in [0.15, 0.2) is 28.7 Å². The molecule has 0 aliphatic rings. The normalized spacial score (nSPS) is 11.3. The molecule has 6 nitrogen and oxygen atoms in total. The van der Waals surface area contributed by atoms with E-state index in [9.17, 15) is 4.79 Å². The molecule has 3 aromatic rings. The first-order valence-corrected chi connectivity index (χ1v) is 11.0. The van der Waals surface area contributed by atoms with Gasteiger partial charge >= 0.3 is 0 Å². The third-order valence-corrected chi connectivity index (χ3v) is 5.97. The molecule has 0 N–H and O–H groups in total. The minimum absolute atomic E-state index is 0. The molecule has 0 aliphatic carbocycles. The second-order valence-electron chi connectivity index (χ2n) is 7.43. The largest absolute Gasteiger partial charge is 0.309 e. The molecule has 0 saturated heterocycles. The molecule has 9 heteroatoms. The van der Waals surface area contributed by atoms with Gasteiger partial charge in [-0.25, -0.2) is 4.98 Å². The Morgan fingerprint density at radius 3 is 2.59 bits per heavy atom. The fourth-order valence-corrected chi connectivity index (χ4v) is 4.63. The highest BCUT2D eigenvalue weighted by molar-refractivity contribution is 9.10. The van der Waals surface area contributed by atoms with Crippen molar-refractivity contribution in [2.45, 2.75) is 33.2 Å². The van der Waals surface area contributed by atoms with Gasteiger partial charge in [0.1, 0.15) is 0 Å². The monoisotopic (exact) mass is 499 g/mol. The predicted octanol–water partition coefficient (Wildman–Crippen LogP) is 5.16. The van der Waals surface area contributed by atoms with Gasteiger partial charge < -0.3 is 4.90 Å². The number of rotatable bonds is 7. The average molecular weight is 501 g/mol. The van der Waals surface area contributed by atoms with E-state index in [2.05, 4.69) is 39.8 Å². The van der Waals surface area contributed by atoms with E-state index in [-0.39, 0.29) is 24.4 Å². The Hall–Kier alpha value is -1.48. The number of aryl methyl sites for hydroxylation is 1. The first-order chi connectivity index (χ1) is 13.3. The van der Waals surface area contributed by atoms with E-state index in [1.54, 1.807) is 4.90 Å². The molecular weight excluding hydrogens is 474 g/mol. The maximum absolute atomic E-state index is 13.3. The van der Waals surface area contributed by atoms with Crippen molar-refractivity contribution in [3.63, 3.8) is 0 Å². The molecule has 0 bridgehead atoms. The van der Waals surface area contributed by atoms with Crippen LogP contribution < -0.4 is 4.90 Å². The first kappa shape index (κ1) is 23.8. The number of anilines is 1. The highest BCUT2D eigenvalue weighted by atomic mass is 79.9. The number of nitrogens with zero attached hydrogens (tertiary/aromatic N) is 5. The quantitative estimate of drug-likeness (QED) is 0.449. The Morgan fingerprint density at radius 2 is 1.97 bits per heavy atom. The zero-order valence-corrected chi connectivity index (χ0v) is 20.6. The number of halogens is 2. The summed E-state index contributed by atoms with van der Waals surface area (Å²) in [6, 6.07) is 8.06. The van der Waals surface area contributed by atoms with Crippen molar-refractivity contribution in [1.29, 1.82) is 0 Å². The molecule has 158 valence electrons. The van der Waals surface area contributed by atoms with Gasteiger partial charge in [0.25, 0.3) is 5.91 Å². The lowest BCUT2D eigenvalue weighted by atomic mass is 10.3. The minimum atomic E-state index is -0.0978. The number of amides is 1. The van der Waals surface area contributed by atoms with E-state index in [0.29, 0.717) is 17.4 Å². The van der Waals surface area contributed by atoms with Crippen LogP contribution in [0.3, 0.4) is 0 Å². The standard InChI is InChI=1S/C20H26BrN5OS.ClH/c1-13(2)26-14(3)11-17(23-26)19(27)25(10-6-9-24(4)5)20-22-16-8-7-15(21)12-18(16)28-20;/h7-8,11-13H,6,9-10H2,1-5H3;1H. The minimum Gasteiger partial charge on any atom is -0.309 e. The molecule has 0 saturated carbocycles. The Labute approximate surface area is 190 Å². The number of thiazole rings is 1. The third-order valence-electron chi connectivity index (χ3n) is 4.43. The van der Waals surface area contributed by atoms with Crippen molar-refractivity contribution in [2.24, 2.45) is 0 Å². The summed E-state index contributed by atoms with van der Waals surface area (Å²) >= 11 is 5.04. The smallest absolute Gasteiger partial charge is 0.280 e. The van der Waals surface area contributed by atoms with Crippen molar-refractivity contribution in [3.8, 4) is 0 Å². The number of hydrogen-bond donors (Lipinski definition) is 0. The molecule has 2 aromatic heterocycles. The fourth-order valence-electron chi connectivity index (χ4n) is 3.08. The Bertz CT molecular complexity index is 985. The molecule has 0 radical (unpaired) electrons. The zero-order valence-electron chi connectivity index (χ0n) is 17.3. The van der Waals surface area contributed by atoms with Gasteiger partial charge in [0, 0.05) is 22.8 Å². The molecule has 2 heterocycles. The van der Waals surface area contributed by atoms with Gasteiger partial charge in [-0.1, -0.05) is 27.3 Å². The van der Waals surface area contributed by atoms with Crippen LogP contribution in [-0.2, 0) is 0 Å². The Balaban J connectivity index is 0.00000300. The molecule has 0 unspecified atom stereocenters. The topological polar surface area (TPSA) is 54.3 Å². The lowest BCUT2D eigenvalue weighted by Gasteiger charge is -2.20. The van der Waals surface area contributed by atoms with Crippen LogP contribution in [-0.4, -0.2) is 52.8 Å². The van der Waals surface area contributed by atoms with E-state index in [0.717, 1.165) is 33.3 Å². The van der Waals surface area contributed by atoms with E-state index in [1.165, 1.54) is 11.3 Å². The molecule has 3 rings (SSSR count). The first-order valence-electron chi connectivity index (χ1n) is 9.35. The van der Waals surface area contributed by atoms with Gasteiger partial charge in [0.05, 0.1) is 10.2 Å². The van der Waals surface area contributed by atoms with Gasteiger partial charge in [-0.05, 0) is 72.1 Å². The van der Waals surface area contributed by atoms with Crippen LogP contribution in [0.5, 0.6) is 0 Å². The molecule has 0 atom stereocenters. The molecular formula is C20H27BrClN5OS. The molecule has 29 heavy (non-hydrogen) atoms. The average Bonchev–Trinajstić information content (AvgIpc) is 3.21. The van der Waals surface area contributed by atoms with Crippen LogP contribution in [0.4, 0.5) is 5.13 Å². The van der Waals surface area contributed by atoms with Crippen molar-refractivity contribution >= 4 is 60.9 Å². The number of hydrogen-bond acceptors (Lipinski definition) is 5. The summed E-state index contributed by atoms with van der Waals surface area (Å²) in [6.07, 6.45) is 0.863. The highest BCUT2D eigenvalue weighted by Gasteiger charge is 2.24. The van der Waals surface area contributed by atoms with Gasteiger partial charge in [0.15, 0.2) is 10.8 Å². The van der Waals surface area contributed by atoms with Crippen molar-refractivity contribution in [3.05, 3.63) is 40.1 Å².